The second-order valence-corrected chi connectivity index (χ2v) is 8.99. The number of anilines is 1. The van der Waals surface area contributed by atoms with Gasteiger partial charge in [-0.25, -0.2) is 8.42 Å². The summed E-state index contributed by atoms with van der Waals surface area (Å²) in [6.07, 6.45) is 0. The maximum absolute atomic E-state index is 13.2. The highest BCUT2D eigenvalue weighted by molar-refractivity contribution is 9.10. The molecule has 2 heterocycles. The van der Waals surface area contributed by atoms with Gasteiger partial charge in [-0.05, 0) is 32.0 Å². The second kappa shape index (κ2) is 7.65. The minimum Gasteiger partial charge on any atom is -0.378 e. The second-order valence-electron chi connectivity index (χ2n) is 6.45. The van der Waals surface area contributed by atoms with Crippen molar-refractivity contribution >= 4 is 37.5 Å². The number of nitrogens with one attached hydrogen (secondary N) is 1. The highest BCUT2D eigenvalue weighted by atomic mass is 79.9. The van der Waals surface area contributed by atoms with Gasteiger partial charge in [0.25, 0.3) is 15.9 Å². The number of benzene rings is 1. The highest BCUT2D eigenvalue weighted by Crippen LogP contribution is 2.30. The number of nitrogens with zero attached hydrogens (tertiary/aromatic N) is 2. The Morgan fingerprint density at radius 2 is 1.85 bits per heavy atom. The topological polar surface area (TPSA) is 80.6 Å². The number of morpholine rings is 1. The summed E-state index contributed by atoms with van der Waals surface area (Å²) in [5.74, 6) is -0.283. The molecule has 0 bridgehead atoms. The van der Waals surface area contributed by atoms with Crippen LogP contribution in [0.2, 0.25) is 0 Å². The summed E-state index contributed by atoms with van der Waals surface area (Å²) in [6, 6.07) is 6.89. The molecule has 1 fully saturated rings. The van der Waals surface area contributed by atoms with E-state index in [0.29, 0.717) is 43.4 Å². The number of hydrogen-bond donors (Lipinski definition) is 1. The van der Waals surface area contributed by atoms with Gasteiger partial charge in [0, 0.05) is 41.7 Å². The van der Waals surface area contributed by atoms with Crippen LogP contribution in [0.1, 0.15) is 21.7 Å². The molecule has 0 spiro atoms. The fourth-order valence-corrected chi connectivity index (χ4v) is 5.15. The predicted molar refractivity (Wildman–Crippen MR) is 107 cm³/mol. The Labute approximate surface area is 167 Å². The summed E-state index contributed by atoms with van der Waals surface area (Å²) in [6.45, 7) is 5.27. The fraction of sp³-hybridized carbons (Fsp3) is 0.389. The van der Waals surface area contributed by atoms with Gasteiger partial charge in [-0.2, -0.15) is 0 Å². The number of carbonyl (C=O) groups is 1. The molecule has 9 heteroatoms. The number of sulfonamides is 1. The average Bonchev–Trinajstić information content (AvgIpc) is 2.86. The van der Waals surface area contributed by atoms with E-state index in [1.54, 1.807) is 48.6 Å². The first kappa shape index (κ1) is 19.9. The molecule has 1 amide bonds. The van der Waals surface area contributed by atoms with E-state index >= 15 is 0 Å². The van der Waals surface area contributed by atoms with E-state index in [1.807, 2.05) is 6.07 Å². The molecule has 1 aliphatic heterocycles. The number of hydrogen-bond acceptors (Lipinski definition) is 4. The van der Waals surface area contributed by atoms with Crippen molar-refractivity contribution in [2.24, 2.45) is 7.05 Å². The van der Waals surface area contributed by atoms with Crippen LogP contribution >= 0.6 is 15.9 Å². The molecule has 27 heavy (non-hydrogen) atoms. The molecule has 2 aromatic rings. The van der Waals surface area contributed by atoms with E-state index in [-0.39, 0.29) is 16.4 Å². The van der Waals surface area contributed by atoms with E-state index in [1.165, 1.54) is 0 Å². The molecule has 0 radical (unpaired) electrons. The average molecular weight is 456 g/mol. The Kier molecular flexibility index (Phi) is 5.64. The summed E-state index contributed by atoms with van der Waals surface area (Å²) < 4.78 is 36.7. The largest absolute Gasteiger partial charge is 0.378 e. The lowest BCUT2D eigenvalue weighted by atomic mass is 10.2. The van der Waals surface area contributed by atoms with Gasteiger partial charge in [-0.15, -0.1) is 0 Å². The van der Waals surface area contributed by atoms with Crippen molar-refractivity contribution < 1.29 is 17.9 Å². The number of rotatable bonds is 4. The molecule has 1 aromatic carbocycles. The number of carbonyl (C=O) groups excluding carboxylic acids is 1. The molecule has 0 unspecified atom stereocenters. The van der Waals surface area contributed by atoms with Crippen molar-refractivity contribution in [2.45, 2.75) is 18.7 Å². The van der Waals surface area contributed by atoms with Gasteiger partial charge in [0.05, 0.1) is 18.8 Å². The van der Waals surface area contributed by atoms with Crippen molar-refractivity contribution in [2.75, 3.05) is 31.0 Å². The minimum atomic E-state index is -3.95. The summed E-state index contributed by atoms with van der Waals surface area (Å²) in [5, 5.41) is 0. The number of amides is 1. The van der Waals surface area contributed by atoms with Crippen LogP contribution in [-0.2, 0) is 21.8 Å². The first-order valence-electron chi connectivity index (χ1n) is 8.53. The standard InChI is InChI=1S/C18H22BrN3O4S/c1-12-16(18(23)22-7-9-26-10-8-22)17(13(2)21(12)3)27(24,25)20-15-6-4-5-14(19)11-15/h4-6,11,20H,7-10H2,1-3H3. The number of aromatic nitrogens is 1. The number of halogens is 1. The Morgan fingerprint density at radius 3 is 2.48 bits per heavy atom. The van der Waals surface area contributed by atoms with E-state index in [0.717, 1.165) is 4.47 Å². The Balaban J connectivity index is 2.06. The van der Waals surface area contributed by atoms with Crippen LogP contribution in [0, 0.1) is 13.8 Å². The van der Waals surface area contributed by atoms with Gasteiger partial charge in [0.1, 0.15) is 4.90 Å². The fourth-order valence-electron chi connectivity index (χ4n) is 3.18. The van der Waals surface area contributed by atoms with E-state index < -0.39 is 10.0 Å². The van der Waals surface area contributed by atoms with Crippen molar-refractivity contribution in [1.82, 2.24) is 9.47 Å². The predicted octanol–water partition coefficient (Wildman–Crippen LogP) is 2.68. The molecule has 1 N–H and O–H groups in total. The first-order valence-corrected chi connectivity index (χ1v) is 10.8. The lowest BCUT2D eigenvalue weighted by Crippen LogP contribution is -2.41. The molecule has 1 aromatic heterocycles. The maximum Gasteiger partial charge on any atom is 0.264 e. The molecule has 3 rings (SSSR count). The molecule has 1 aliphatic rings. The third kappa shape index (κ3) is 3.90. The van der Waals surface area contributed by atoms with Crippen LogP contribution < -0.4 is 4.72 Å². The minimum absolute atomic E-state index is 0.0268. The monoisotopic (exact) mass is 455 g/mol. The quantitative estimate of drug-likeness (QED) is 0.768. The zero-order chi connectivity index (χ0) is 19.8. The number of ether oxygens (including phenoxy) is 1. The van der Waals surface area contributed by atoms with Crippen LogP contribution in [0.25, 0.3) is 0 Å². The lowest BCUT2D eigenvalue weighted by Gasteiger charge is -2.27. The molecule has 0 aliphatic carbocycles. The van der Waals surface area contributed by atoms with E-state index in [2.05, 4.69) is 20.7 Å². The molecular weight excluding hydrogens is 434 g/mol. The summed E-state index contributed by atoms with van der Waals surface area (Å²) in [4.78, 5) is 14.8. The molecule has 7 nitrogen and oxygen atoms in total. The third-order valence-electron chi connectivity index (χ3n) is 4.78. The van der Waals surface area contributed by atoms with E-state index in [4.69, 9.17) is 4.74 Å². The smallest absolute Gasteiger partial charge is 0.264 e. The van der Waals surface area contributed by atoms with E-state index in [9.17, 15) is 13.2 Å². The molecule has 0 saturated carbocycles. The third-order valence-corrected chi connectivity index (χ3v) is 6.82. The Morgan fingerprint density at radius 1 is 1.19 bits per heavy atom. The molecular formula is C18H22BrN3O4S. The highest BCUT2D eigenvalue weighted by Gasteiger charge is 2.33. The van der Waals surface area contributed by atoms with Gasteiger partial charge < -0.3 is 14.2 Å². The lowest BCUT2D eigenvalue weighted by molar-refractivity contribution is 0.0300. The van der Waals surface area contributed by atoms with Gasteiger partial charge in [-0.3, -0.25) is 9.52 Å². The van der Waals surface area contributed by atoms with Gasteiger partial charge in [-0.1, -0.05) is 22.0 Å². The molecule has 0 atom stereocenters. The van der Waals surface area contributed by atoms with Crippen molar-refractivity contribution in [3.63, 3.8) is 0 Å². The Bertz CT molecular complexity index is 979. The first-order chi connectivity index (χ1) is 12.7. The molecule has 146 valence electrons. The van der Waals surface area contributed by atoms with Crippen LogP contribution in [0.4, 0.5) is 5.69 Å². The van der Waals surface area contributed by atoms with Crippen molar-refractivity contribution in [3.05, 3.63) is 45.7 Å². The van der Waals surface area contributed by atoms with Gasteiger partial charge in [0.2, 0.25) is 0 Å². The molecule has 1 saturated heterocycles. The zero-order valence-corrected chi connectivity index (χ0v) is 17.9. The summed E-state index contributed by atoms with van der Waals surface area (Å²) in [7, 11) is -2.18. The van der Waals surface area contributed by atoms with Crippen LogP contribution in [0.5, 0.6) is 0 Å². The SMILES string of the molecule is Cc1c(C(=O)N2CCOCC2)c(S(=O)(=O)Nc2cccc(Br)c2)c(C)n1C. The Hall–Kier alpha value is -1.84. The maximum atomic E-state index is 13.2. The normalized spacial score (nSPS) is 15.0. The van der Waals surface area contributed by atoms with Crippen LogP contribution in [-0.4, -0.2) is 50.1 Å². The van der Waals surface area contributed by atoms with Crippen molar-refractivity contribution in [1.29, 1.82) is 0 Å². The van der Waals surface area contributed by atoms with Gasteiger partial charge >= 0.3 is 0 Å². The summed E-state index contributed by atoms with van der Waals surface area (Å²) >= 11 is 3.33. The van der Waals surface area contributed by atoms with Crippen LogP contribution in [0.15, 0.2) is 33.6 Å². The van der Waals surface area contributed by atoms with Crippen LogP contribution in [0.3, 0.4) is 0 Å². The van der Waals surface area contributed by atoms with Crippen molar-refractivity contribution in [3.8, 4) is 0 Å². The van der Waals surface area contributed by atoms with Gasteiger partial charge in [0.15, 0.2) is 0 Å². The summed E-state index contributed by atoms with van der Waals surface area (Å²) in [5.41, 5.74) is 1.79. The zero-order valence-electron chi connectivity index (χ0n) is 15.5.